The molecule has 0 saturated heterocycles. The van der Waals surface area contributed by atoms with E-state index in [0.29, 0.717) is 11.5 Å². The minimum atomic E-state index is 0.0181. The first kappa shape index (κ1) is 17.0. The molecule has 1 aliphatic rings. The van der Waals surface area contributed by atoms with Gasteiger partial charge in [-0.15, -0.1) is 11.3 Å². The van der Waals surface area contributed by atoms with Crippen LogP contribution in [0.3, 0.4) is 0 Å². The van der Waals surface area contributed by atoms with Gasteiger partial charge in [-0.3, -0.25) is 0 Å². The van der Waals surface area contributed by atoms with E-state index in [4.69, 9.17) is 4.74 Å². The lowest BCUT2D eigenvalue weighted by Gasteiger charge is -2.48. The van der Waals surface area contributed by atoms with Crippen molar-refractivity contribution in [3.8, 4) is 0 Å². The Morgan fingerprint density at radius 1 is 1.24 bits per heavy atom. The molecule has 0 spiro atoms. The van der Waals surface area contributed by atoms with Gasteiger partial charge in [0.25, 0.3) is 0 Å². The monoisotopic (exact) mass is 309 g/mol. The Kier molecular flexibility index (Phi) is 5.87. The van der Waals surface area contributed by atoms with Crippen molar-refractivity contribution >= 4 is 11.3 Å². The summed E-state index contributed by atoms with van der Waals surface area (Å²) < 4.78 is 6.37. The summed E-state index contributed by atoms with van der Waals surface area (Å²) in [5.74, 6) is 0. The van der Waals surface area contributed by atoms with Crippen LogP contribution in [0.2, 0.25) is 0 Å². The van der Waals surface area contributed by atoms with Crippen LogP contribution in [0.25, 0.3) is 0 Å². The molecule has 2 rings (SSSR count). The fourth-order valence-corrected chi connectivity index (χ4v) is 4.30. The highest BCUT2D eigenvalue weighted by Crippen LogP contribution is 2.44. The Labute approximate surface area is 134 Å². The summed E-state index contributed by atoms with van der Waals surface area (Å²) in [6.07, 6.45) is 5.97. The van der Waals surface area contributed by atoms with E-state index in [0.717, 1.165) is 19.6 Å². The maximum absolute atomic E-state index is 6.37. The van der Waals surface area contributed by atoms with Crippen LogP contribution in [-0.4, -0.2) is 24.8 Å². The molecule has 1 N–H and O–H groups in total. The molecule has 1 aliphatic carbocycles. The maximum Gasteiger partial charge on any atom is 0.0838 e. The average molecular weight is 310 g/mol. The minimum Gasteiger partial charge on any atom is -0.374 e. The molecule has 1 saturated carbocycles. The summed E-state index contributed by atoms with van der Waals surface area (Å²) in [6.45, 7) is 10.9. The molecule has 0 amide bonds. The van der Waals surface area contributed by atoms with E-state index in [2.05, 4.69) is 50.5 Å². The summed E-state index contributed by atoms with van der Waals surface area (Å²) in [5.41, 5.74) is 0.491. The Morgan fingerprint density at radius 2 is 1.95 bits per heavy atom. The molecule has 1 fully saturated rings. The van der Waals surface area contributed by atoms with Gasteiger partial charge in [0.05, 0.1) is 5.60 Å². The van der Waals surface area contributed by atoms with E-state index in [9.17, 15) is 0 Å². The normalized spacial score (nSPS) is 22.1. The average Bonchev–Trinajstić information content (AvgIpc) is 2.94. The number of ether oxygens (including phenoxy) is 1. The van der Waals surface area contributed by atoms with Crippen LogP contribution in [0.4, 0.5) is 0 Å². The predicted molar refractivity (Wildman–Crippen MR) is 92.1 cm³/mol. The van der Waals surface area contributed by atoms with Crippen molar-refractivity contribution in [2.45, 2.75) is 71.4 Å². The lowest BCUT2D eigenvalue weighted by atomic mass is 9.68. The topological polar surface area (TPSA) is 21.3 Å². The van der Waals surface area contributed by atoms with Crippen LogP contribution < -0.4 is 5.32 Å². The standard InChI is InChI=1S/C18H31NOS/c1-5-19-16(14-15-8-7-13-21-15)18(20-6-2)11-9-17(3,4)10-12-18/h7-8,13,16,19H,5-6,9-12,14H2,1-4H3. The van der Waals surface area contributed by atoms with E-state index in [-0.39, 0.29) is 5.60 Å². The summed E-state index contributed by atoms with van der Waals surface area (Å²) in [6, 6.07) is 4.83. The summed E-state index contributed by atoms with van der Waals surface area (Å²) in [7, 11) is 0. The van der Waals surface area contributed by atoms with Crippen molar-refractivity contribution < 1.29 is 4.74 Å². The molecule has 0 aliphatic heterocycles. The number of hydrogen-bond acceptors (Lipinski definition) is 3. The van der Waals surface area contributed by atoms with Crippen LogP contribution in [0.15, 0.2) is 17.5 Å². The van der Waals surface area contributed by atoms with Gasteiger partial charge >= 0.3 is 0 Å². The first-order valence-corrected chi connectivity index (χ1v) is 9.29. The minimum absolute atomic E-state index is 0.0181. The summed E-state index contributed by atoms with van der Waals surface area (Å²) >= 11 is 1.86. The van der Waals surface area contributed by atoms with Crippen LogP contribution in [0.1, 0.15) is 58.3 Å². The van der Waals surface area contributed by atoms with Crippen molar-refractivity contribution in [1.29, 1.82) is 0 Å². The zero-order chi connectivity index (χ0) is 15.3. The third kappa shape index (κ3) is 4.30. The highest BCUT2D eigenvalue weighted by molar-refractivity contribution is 7.09. The number of likely N-dealkylation sites (N-methyl/N-ethyl adjacent to an activating group) is 1. The van der Waals surface area contributed by atoms with E-state index in [1.807, 2.05) is 11.3 Å². The fraction of sp³-hybridized carbons (Fsp3) is 0.778. The predicted octanol–water partition coefficient (Wildman–Crippen LogP) is 4.64. The van der Waals surface area contributed by atoms with Gasteiger partial charge in [0.1, 0.15) is 0 Å². The fourth-order valence-electron chi connectivity index (χ4n) is 3.55. The largest absolute Gasteiger partial charge is 0.374 e. The summed E-state index contributed by atoms with van der Waals surface area (Å²) in [5, 5.41) is 5.90. The Morgan fingerprint density at radius 3 is 2.48 bits per heavy atom. The van der Waals surface area contributed by atoms with Crippen molar-refractivity contribution in [3.05, 3.63) is 22.4 Å². The quantitative estimate of drug-likeness (QED) is 0.792. The van der Waals surface area contributed by atoms with Crippen molar-refractivity contribution in [2.75, 3.05) is 13.2 Å². The van der Waals surface area contributed by atoms with Crippen LogP contribution >= 0.6 is 11.3 Å². The van der Waals surface area contributed by atoms with Crippen LogP contribution in [-0.2, 0) is 11.2 Å². The van der Waals surface area contributed by atoms with Gasteiger partial charge in [-0.25, -0.2) is 0 Å². The molecule has 1 aromatic rings. The Hall–Kier alpha value is -0.380. The molecule has 1 aromatic heterocycles. The highest BCUT2D eigenvalue weighted by Gasteiger charge is 2.44. The molecular formula is C18H31NOS. The zero-order valence-corrected chi connectivity index (χ0v) is 14.9. The number of nitrogens with one attached hydrogen (secondary N) is 1. The Bertz CT molecular complexity index is 403. The van der Waals surface area contributed by atoms with Crippen molar-refractivity contribution in [3.63, 3.8) is 0 Å². The highest BCUT2D eigenvalue weighted by atomic mass is 32.1. The second-order valence-corrected chi connectivity index (χ2v) is 8.09. The van der Waals surface area contributed by atoms with E-state index < -0.39 is 0 Å². The first-order chi connectivity index (χ1) is 10.0. The van der Waals surface area contributed by atoms with Gasteiger partial charge in [0.2, 0.25) is 0 Å². The van der Waals surface area contributed by atoms with Gasteiger partial charge in [0.15, 0.2) is 0 Å². The van der Waals surface area contributed by atoms with Gasteiger partial charge in [-0.1, -0.05) is 26.8 Å². The molecule has 0 radical (unpaired) electrons. The van der Waals surface area contributed by atoms with Gasteiger partial charge in [-0.05, 0) is 62.4 Å². The number of hydrogen-bond donors (Lipinski definition) is 1. The van der Waals surface area contributed by atoms with Gasteiger partial charge in [0, 0.05) is 17.5 Å². The van der Waals surface area contributed by atoms with Gasteiger partial charge in [-0.2, -0.15) is 0 Å². The van der Waals surface area contributed by atoms with Crippen LogP contribution in [0, 0.1) is 5.41 Å². The molecule has 2 nitrogen and oxygen atoms in total. The van der Waals surface area contributed by atoms with E-state index in [1.165, 1.54) is 30.6 Å². The zero-order valence-electron chi connectivity index (χ0n) is 14.1. The van der Waals surface area contributed by atoms with Gasteiger partial charge < -0.3 is 10.1 Å². The molecule has 21 heavy (non-hydrogen) atoms. The van der Waals surface area contributed by atoms with E-state index >= 15 is 0 Å². The lowest BCUT2D eigenvalue weighted by molar-refractivity contribution is -0.106. The summed E-state index contributed by atoms with van der Waals surface area (Å²) in [4.78, 5) is 1.46. The molecule has 120 valence electrons. The maximum atomic E-state index is 6.37. The number of thiophene rings is 1. The molecular weight excluding hydrogens is 278 g/mol. The molecule has 0 bridgehead atoms. The Balaban J connectivity index is 2.15. The smallest absolute Gasteiger partial charge is 0.0838 e. The van der Waals surface area contributed by atoms with E-state index in [1.54, 1.807) is 0 Å². The molecule has 1 atom stereocenters. The van der Waals surface area contributed by atoms with Crippen molar-refractivity contribution in [2.24, 2.45) is 5.41 Å². The lowest BCUT2D eigenvalue weighted by Crippen LogP contribution is -2.56. The van der Waals surface area contributed by atoms with Crippen molar-refractivity contribution in [1.82, 2.24) is 5.32 Å². The SMILES string of the molecule is CCNC(Cc1cccs1)C1(OCC)CCC(C)(C)CC1. The second-order valence-electron chi connectivity index (χ2n) is 7.06. The molecule has 1 unspecified atom stereocenters. The number of rotatable bonds is 7. The first-order valence-electron chi connectivity index (χ1n) is 8.41. The third-order valence-corrected chi connectivity index (χ3v) is 5.85. The molecule has 1 heterocycles. The molecule has 3 heteroatoms. The third-order valence-electron chi connectivity index (χ3n) is 4.95. The second kappa shape index (κ2) is 7.26. The van der Waals surface area contributed by atoms with Crippen LogP contribution in [0.5, 0.6) is 0 Å². The molecule has 0 aromatic carbocycles.